The van der Waals surface area contributed by atoms with Crippen LogP contribution in [-0.2, 0) is 0 Å². The Bertz CT molecular complexity index is 1100. The first-order chi connectivity index (χ1) is 12.0. The van der Waals surface area contributed by atoms with Gasteiger partial charge >= 0.3 is 0 Å². The van der Waals surface area contributed by atoms with Crippen molar-refractivity contribution in [1.82, 2.24) is 24.5 Å². The molecule has 0 fully saturated rings. The fourth-order valence-corrected chi connectivity index (χ4v) is 3.63. The van der Waals surface area contributed by atoms with E-state index in [0.29, 0.717) is 10.7 Å². The minimum atomic E-state index is -0.121. The highest BCUT2D eigenvalue weighted by Crippen LogP contribution is 2.24. The Balaban J connectivity index is 1.93. The summed E-state index contributed by atoms with van der Waals surface area (Å²) in [5, 5.41) is 10.3. The standard InChI is InChI=1S/C18H17N5OS/c1-11-9-15(22(20-11)14-7-5-4-6-8-14)16-13(3)21-23(17(16)24)18-19-12(2)10-25-18/h4-10,21H,1-3H3. The Labute approximate surface area is 148 Å². The van der Waals surface area contributed by atoms with Crippen LogP contribution in [0.2, 0.25) is 0 Å². The van der Waals surface area contributed by atoms with Gasteiger partial charge in [-0.05, 0) is 39.0 Å². The van der Waals surface area contributed by atoms with Crippen molar-refractivity contribution in [3.63, 3.8) is 0 Å². The Kier molecular flexibility index (Phi) is 3.65. The molecule has 25 heavy (non-hydrogen) atoms. The van der Waals surface area contributed by atoms with Crippen LogP contribution in [0.5, 0.6) is 0 Å². The highest BCUT2D eigenvalue weighted by molar-refractivity contribution is 7.12. The zero-order chi connectivity index (χ0) is 17.6. The number of aromatic nitrogens is 5. The Morgan fingerprint density at radius 3 is 2.52 bits per heavy atom. The summed E-state index contributed by atoms with van der Waals surface area (Å²) < 4.78 is 3.31. The van der Waals surface area contributed by atoms with E-state index in [2.05, 4.69) is 15.2 Å². The van der Waals surface area contributed by atoms with Crippen LogP contribution in [0.25, 0.3) is 22.1 Å². The largest absolute Gasteiger partial charge is 0.293 e. The number of nitrogens with one attached hydrogen (secondary N) is 1. The number of rotatable bonds is 3. The Hall–Kier alpha value is -2.93. The molecule has 1 aromatic carbocycles. The summed E-state index contributed by atoms with van der Waals surface area (Å²) in [6.07, 6.45) is 0. The zero-order valence-corrected chi connectivity index (χ0v) is 15.0. The van der Waals surface area contributed by atoms with Gasteiger partial charge < -0.3 is 0 Å². The molecule has 6 nitrogen and oxygen atoms in total. The molecule has 0 saturated heterocycles. The maximum Gasteiger partial charge on any atom is 0.283 e. The molecule has 4 aromatic rings. The third-order valence-electron chi connectivity index (χ3n) is 3.96. The molecule has 0 bridgehead atoms. The van der Waals surface area contributed by atoms with E-state index in [9.17, 15) is 4.79 Å². The molecule has 0 atom stereocenters. The monoisotopic (exact) mass is 351 g/mol. The number of para-hydroxylation sites is 1. The average Bonchev–Trinajstić information content (AvgIpc) is 3.26. The van der Waals surface area contributed by atoms with E-state index in [1.54, 1.807) is 0 Å². The lowest BCUT2D eigenvalue weighted by Gasteiger charge is -2.05. The number of aryl methyl sites for hydroxylation is 3. The number of nitrogens with zero attached hydrogens (tertiary/aromatic N) is 4. The SMILES string of the molecule is Cc1csc(-n2[nH]c(C)c(-c3cc(C)nn3-c3ccccc3)c2=O)n1. The summed E-state index contributed by atoms with van der Waals surface area (Å²) in [7, 11) is 0. The number of aromatic amines is 1. The molecule has 0 radical (unpaired) electrons. The zero-order valence-electron chi connectivity index (χ0n) is 14.1. The van der Waals surface area contributed by atoms with Crippen molar-refractivity contribution in [2.75, 3.05) is 0 Å². The Morgan fingerprint density at radius 1 is 1.08 bits per heavy atom. The van der Waals surface area contributed by atoms with Crippen LogP contribution in [0.3, 0.4) is 0 Å². The Morgan fingerprint density at radius 2 is 1.84 bits per heavy atom. The van der Waals surface area contributed by atoms with Gasteiger partial charge in [0.25, 0.3) is 5.56 Å². The van der Waals surface area contributed by atoms with Gasteiger partial charge in [-0.15, -0.1) is 11.3 Å². The fraction of sp³-hybridized carbons (Fsp3) is 0.167. The van der Waals surface area contributed by atoms with E-state index in [-0.39, 0.29) is 5.56 Å². The van der Waals surface area contributed by atoms with E-state index < -0.39 is 0 Å². The third-order valence-corrected chi connectivity index (χ3v) is 4.90. The van der Waals surface area contributed by atoms with Gasteiger partial charge in [-0.2, -0.15) is 9.78 Å². The van der Waals surface area contributed by atoms with Crippen LogP contribution in [0.1, 0.15) is 17.1 Å². The molecule has 0 saturated carbocycles. The molecule has 0 unspecified atom stereocenters. The normalized spacial score (nSPS) is 11.2. The summed E-state index contributed by atoms with van der Waals surface area (Å²) >= 11 is 1.44. The second-order valence-corrected chi connectivity index (χ2v) is 6.78. The molecule has 0 spiro atoms. The lowest BCUT2D eigenvalue weighted by molar-refractivity contribution is 0.823. The molecule has 0 aliphatic rings. The predicted molar refractivity (Wildman–Crippen MR) is 98.8 cm³/mol. The molecular formula is C18H17N5OS. The molecular weight excluding hydrogens is 334 g/mol. The van der Waals surface area contributed by atoms with Crippen molar-refractivity contribution in [2.24, 2.45) is 0 Å². The minimum Gasteiger partial charge on any atom is -0.293 e. The summed E-state index contributed by atoms with van der Waals surface area (Å²) in [5.74, 6) is 0. The van der Waals surface area contributed by atoms with Gasteiger partial charge in [-0.3, -0.25) is 9.89 Å². The van der Waals surface area contributed by atoms with Crippen molar-refractivity contribution in [3.8, 4) is 22.1 Å². The summed E-state index contributed by atoms with van der Waals surface area (Å²) in [4.78, 5) is 17.5. The quantitative estimate of drug-likeness (QED) is 0.615. The molecule has 3 aromatic heterocycles. The highest BCUT2D eigenvalue weighted by atomic mass is 32.1. The molecule has 3 heterocycles. The van der Waals surface area contributed by atoms with Crippen molar-refractivity contribution in [2.45, 2.75) is 20.8 Å². The lowest BCUT2D eigenvalue weighted by atomic mass is 10.1. The van der Waals surface area contributed by atoms with Crippen LogP contribution in [0, 0.1) is 20.8 Å². The smallest absolute Gasteiger partial charge is 0.283 e. The number of H-pyrrole nitrogens is 1. The van der Waals surface area contributed by atoms with Crippen molar-refractivity contribution >= 4 is 11.3 Å². The van der Waals surface area contributed by atoms with E-state index in [1.807, 2.05) is 67.2 Å². The van der Waals surface area contributed by atoms with E-state index >= 15 is 0 Å². The second-order valence-electron chi connectivity index (χ2n) is 5.94. The number of hydrogen-bond donors (Lipinski definition) is 1. The predicted octanol–water partition coefficient (Wildman–Crippen LogP) is 3.40. The molecule has 0 amide bonds. The molecule has 1 N–H and O–H groups in total. The third kappa shape index (κ3) is 2.62. The van der Waals surface area contributed by atoms with Gasteiger partial charge in [0, 0.05) is 11.1 Å². The van der Waals surface area contributed by atoms with Crippen molar-refractivity contribution < 1.29 is 0 Å². The van der Waals surface area contributed by atoms with Gasteiger partial charge in [0.15, 0.2) is 0 Å². The van der Waals surface area contributed by atoms with Crippen LogP contribution >= 0.6 is 11.3 Å². The molecule has 7 heteroatoms. The van der Waals surface area contributed by atoms with Crippen molar-refractivity contribution in [1.29, 1.82) is 0 Å². The number of benzene rings is 1. The first kappa shape index (κ1) is 15.6. The van der Waals surface area contributed by atoms with Gasteiger partial charge in [-0.25, -0.2) is 9.67 Å². The van der Waals surface area contributed by atoms with E-state index in [1.165, 1.54) is 16.0 Å². The number of thiazole rings is 1. The van der Waals surface area contributed by atoms with E-state index in [4.69, 9.17) is 0 Å². The molecule has 0 aliphatic carbocycles. The van der Waals surface area contributed by atoms with Gasteiger partial charge in [0.2, 0.25) is 5.13 Å². The molecule has 0 aliphatic heterocycles. The van der Waals surface area contributed by atoms with Gasteiger partial charge in [0.1, 0.15) is 0 Å². The van der Waals surface area contributed by atoms with E-state index in [0.717, 1.165) is 28.5 Å². The maximum absolute atomic E-state index is 13.0. The fourth-order valence-electron chi connectivity index (χ4n) is 2.87. The summed E-state index contributed by atoms with van der Waals surface area (Å²) in [6.45, 7) is 5.73. The number of hydrogen-bond acceptors (Lipinski definition) is 4. The van der Waals surface area contributed by atoms with Crippen LogP contribution in [0.15, 0.2) is 46.6 Å². The lowest BCUT2D eigenvalue weighted by Crippen LogP contribution is -2.16. The van der Waals surface area contributed by atoms with Crippen LogP contribution < -0.4 is 5.56 Å². The van der Waals surface area contributed by atoms with Crippen LogP contribution in [0.4, 0.5) is 0 Å². The second kappa shape index (κ2) is 5.86. The molecule has 126 valence electrons. The first-order valence-corrected chi connectivity index (χ1v) is 8.79. The summed E-state index contributed by atoms with van der Waals surface area (Å²) in [5.41, 5.74) is 4.72. The minimum absolute atomic E-state index is 0.121. The van der Waals surface area contributed by atoms with Gasteiger partial charge in [-0.1, -0.05) is 18.2 Å². The summed E-state index contributed by atoms with van der Waals surface area (Å²) in [6, 6.07) is 11.7. The van der Waals surface area contributed by atoms with Crippen LogP contribution in [-0.4, -0.2) is 24.5 Å². The first-order valence-electron chi connectivity index (χ1n) is 7.91. The highest BCUT2D eigenvalue weighted by Gasteiger charge is 2.20. The van der Waals surface area contributed by atoms with Crippen molar-refractivity contribution in [3.05, 3.63) is 69.2 Å². The topological polar surface area (TPSA) is 68.5 Å². The van der Waals surface area contributed by atoms with Gasteiger partial charge in [0.05, 0.1) is 28.3 Å². The molecule has 4 rings (SSSR count). The average molecular weight is 351 g/mol. The maximum atomic E-state index is 13.0.